The van der Waals surface area contributed by atoms with Crippen molar-refractivity contribution in [3.63, 3.8) is 0 Å². The van der Waals surface area contributed by atoms with Crippen LogP contribution in [0.3, 0.4) is 0 Å². The Hall–Kier alpha value is -1.50. The number of nitrogens with one attached hydrogen (secondary N) is 2. The zero-order chi connectivity index (χ0) is 13.1. The van der Waals surface area contributed by atoms with Crippen LogP contribution in [-0.2, 0) is 6.18 Å². The van der Waals surface area contributed by atoms with Gasteiger partial charge in [-0.3, -0.25) is 0 Å². The fourth-order valence-corrected chi connectivity index (χ4v) is 1.43. The van der Waals surface area contributed by atoms with E-state index in [0.717, 1.165) is 12.1 Å². The van der Waals surface area contributed by atoms with Crippen molar-refractivity contribution >= 4 is 28.7 Å². The van der Waals surface area contributed by atoms with Crippen LogP contribution in [-0.4, -0.2) is 11.7 Å². The SMILES string of the molecule is CCNC(=S)Nc1ccc(C(F)(F)F)cc1N. The molecule has 0 saturated carbocycles. The molecule has 4 N–H and O–H groups in total. The van der Waals surface area contributed by atoms with Gasteiger partial charge in [0.05, 0.1) is 16.9 Å². The predicted octanol–water partition coefficient (Wildman–Crippen LogP) is 2.59. The molecule has 0 unspecified atom stereocenters. The minimum atomic E-state index is -4.39. The first-order valence-electron chi connectivity index (χ1n) is 4.86. The van der Waals surface area contributed by atoms with Gasteiger partial charge in [0, 0.05) is 6.54 Å². The van der Waals surface area contributed by atoms with Gasteiger partial charge in [-0.25, -0.2) is 0 Å². The summed E-state index contributed by atoms with van der Waals surface area (Å²) in [5.41, 5.74) is 5.08. The first-order valence-corrected chi connectivity index (χ1v) is 5.27. The van der Waals surface area contributed by atoms with Crippen molar-refractivity contribution in [3.05, 3.63) is 23.8 Å². The maximum absolute atomic E-state index is 12.4. The maximum Gasteiger partial charge on any atom is 0.416 e. The van der Waals surface area contributed by atoms with Crippen LogP contribution in [0.1, 0.15) is 12.5 Å². The summed E-state index contributed by atoms with van der Waals surface area (Å²) in [6.45, 7) is 2.47. The van der Waals surface area contributed by atoms with Gasteiger partial charge < -0.3 is 16.4 Å². The molecule has 0 fully saturated rings. The predicted molar refractivity (Wildman–Crippen MR) is 65.8 cm³/mol. The number of nitrogens with two attached hydrogens (primary N) is 1. The summed E-state index contributed by atoms with van der Waals surface area (Å²) in [6.07, 6.45) is -4.39. The largest absolute Gasteiger partial charge is 0.416 e. The van der Waals surface area contributed by atoms with Crippen LogP contribution in [0.25, 0.3) is 0 Å². The van der Waals surface area contributed by atoms with E-state index in [1.54, 1.807) is 0 Å². The number of alkyl halides is 3. The van der Waals surface area contributed by atoms with E-state index in [9.17, 15) is 13.2 Å². The number of nitrogen functional groups attached to an aromatic ring is 1. The number of benzene rings is 1. The molecule has 0 amide bonds. The third kappa shape index (κ3) is 3.77. The zero-order valence-electron chi connectivity index (χ0n) is 9.06. The Morgan fingerprint density at radius 2 is 2.06 bits per heavy atom. The molecular weight excluding hydrogens is 251 g/mol. The summed E-state index contributed by atoms with van der Waals surface area (Å²) < 4.78 is 37.1. The fourth-order valence-electron chi connectivity index (χ4n) is 1.18. The van der Waals surface area contributed by atoms with Gasteiger partial charge >= 0.3 is 6.18 Å². The van der Waals surface area contributed by atoms with Gasteiger partial charge in [0.25, 0.3) is 0 Å². The number of hydrogen-bond acceptors (Lipinski definition) is 2. The van der Waals surface area contributed by atoms with Gasteiger partial charge in [-0.15, -0.1) is 0 Å². The molecule has 94 valence electrons. The minimum Gasteiger partial charge on any atom is -0.397 e. The van der Waals surface area contributed by atoms with E-state index in [-0.39, 0.29) is 5.69 Å². The molecule has 0 aliphatic carbocycles. The van der Waals surface area contributed by atoms with Crippen molar-refractivity contribution in [1.82, 2.24) is 5.32 Å². The fraction of sp³-hybridized carbons (Fsp3) is 0.300. The quantitative estimate of drug-likeness (QED) is 0.567. The standard InChI is InChI=1S/C10H12F3N3S/c1-2-15-9(17)16-8-4-3-6(5-7(8)14)10(11,12)13/h3-5H,2,14H2,1H3,(H2,15,16,17). The van der Waals surface area contributed by atoms with E-state index in [1.165, 1.54) is 6.07 Å². The third-order valence-corrected chi connectivity index (χ3v) is 2.21. The first-order chi connectivity index (χ1) is 7.84. The summed E-state index contributed by atoms with van der Waals surface area (Å²) in [5, 5.41) is 5.84. The molecule has 0 radical (unpaired) electrons. The second-order valence-electron chi connectivity index (χ2n) is 3.28. The van der Waals surface area contributed by atoms with E-state index >= 15 is 0 Å². The number of rotatable bonds is 2. The molecule has 0 spiro atoms. The summed E-state index contributed by atoms with van der Waals surface area (Å²) in [7, 11) is 0. The summed E-state index contributed by atoms with van der Waals surface area (Å²) in [4.78, 5) is 0. The lowest BCUT2D eigenvalue weighted by atomic mass is 10.1. The van der Waals surface area contributed by atoms with Crippen molar-refractivity contribution < 1.29 is 13.2 Å². The molecule has 1 aromatic rings. The molecule has 3 nitrogen and oxygen atoms in total. The van der Waals surface area contributed by atoms with Crippen molar-refractivity contribution in [2.45, 2.75) is 13.1 Å². The monoisotopic (exact) mass is 263 g/mol. The molecule has 0 bridgehead atoms. The van der Waals surface area contributed by atoms with Crippen LogP contribution >= 0.6 is 12.2 Å². The molecule has 0 aliphatic rings. The highest BCUT2D eigenvalue weighted by atomic mass is 32.1. The lowest BCUT2D eigenvalue weighted by molar-refractivity contribution is -0.137. The molecule has 0 saturated heterocycles. The van der Waals surface area contributed by atoms with E-state index in [1.807, 2.05) is 6.92 Å². The molecule has 0 aliphatic heterocycles. The van der Waals surface area contributed by atoms with E-state index in [0.29, 0.717) is 17.3 Å². The van der Waals surface area contributed by atoms with Gasteiger partial charge in [0.2, 0.25) is 0 Å². The first kappa shape index (κ1) is 13.6. The van der Waals surface area contributed by atoms with E-state index in [4.69, 9.17) is 18.0 Å². The van der Waals surface area contributed by atoms with Gasteiger partial charge in [-0.1, -0.05) is 0 Å². The van der Waals surface area contributed by atoms with Crippen molar-refractivity contribution in [2.24, 2.45) is 0 Å². The lowest BCUT2D eigenvalue weighted by Gasteiger charge is -2.13. The second kappa shape index (κ2) is 5.22. The molecule has 7 heteroatoms. The van der Waals surface area contributed by atoms with Crippen LogP contribution in [0, 0.1) is 0 Å². The smallest absolute Gasteiger partial charge is 0.397 e. The van der Waals surface area contributed by atoms with Gasteiger partial charge in [-0.2, -0.15) is 13.2 Å². The zero-order valence-corrected chi connectivity index (χ0v) is 9.88. The molecule has 1 rings (SSSR count). The number of hydrogen-bond donors (Lipinski definition) is 3. The molecule has 1 aromatic carbocycles. The molecule has 0 atom stereocenters. The van der Waals surface area contributed by atoms with Crippen LogP contribution in [0.4, 0.5) is 24.5 Å². The topological polar surface area (TPSA) is 50.1 Å². The Balaban J connectivity index is 2.87. The molecule has 0 heterocycles. The number of thiocarbonyl (C=S) groups is 1. The van der Waals surface area contributed by atoms with Gasteiger partial charge in [0.15, 0.2) is 5.11 Å². The highest BCUT2D eigenvalue weighted by Gasteiger charge is 2.30. The maximum atomic E-state index is 12.4. The normalized spacial score (nSPS) is 11.1. The van der Waals surface area contributed by atoms with Crippen molar-refractivity contribution in [3.8, 4) is 0 Å². The average Bonchev–Trinajstić information content (AvgIpc) is 2.20. The Kier molecular flexibility index (Phi) is 4.17. The average molecular weight is 263 g/mol. The highest BCUT2D eigenvalue weighted by molar-refractivity contribution is 7.80. The van der Waals surface area contributed by atoms with Crippen molar-refractivity contribution in [2.75, 3.05) is 17.6 Å². The molecule has 0 aromatic heterocycles. The summed E-state index contributed by atoms with van der Waals surface area (Å²) in [5.74, 6) is 0. The van der Waals surface area contributed by atoms with E-state index < -0.39 is 11.7 Å². The Bertz CT molecular complexity index is 418. The summed E-state index contributed by atoms with van der Waals surface area (Å²) in [6, 6.07) is 3.08. The highest BCUT2D eigenvalue weighted by Crippen LogP contribution is 2.32. The van der Waals surface area contributed by atoms with Crippen LogP contribution in [0.15, 0.2) is 18.2 Å². The second-order valence-corrected chi connectivity index (χ2v) is 3.69. The van der Waals surface area contributed by atoms with Crippen LogP contribution in [0.2, 0.25) is 0 Å². The Labute approximate surface area is 102 Å². The Morgan fingerprint density at radius 3 is 2.53 bits per heavy atom. The van der Waals surface area contributed by atoms with Gasteiger partial charge in [-0.05, 0) is 37.3 Å². The number of anilines is 2. The van der Waals surface area contributed by atoms with Gasteiger partial charge in [0.1, 0.15) is 0 Å². The lowest BCUT2D eigenvalue weighted by Crippen LogP contribution is -2.28. The van der Waals surface area contributed by atoms with Crippen molar-refractivity contribution in [1.29, 1.82) is 0 Å². The van der Waals surface area contributed by atoms with Crippen LogP contribution < -0.4 is 16.4 Å². The Morgan fingerprint density at radius 1 is 1.41 bits per heavy atom. The third-order valence-electron chi connectivity index (χ3n) is 1.96. The molecule has 17 heavy (non-hydrogen) atoms. The summed E-state index contributed by atoms with van der Waals surface area (Å²) >= 11 is 4.90. The minimum absolute atomic E-state index is 0.0000723. The van der Waals surface area contributed by atoms with E-state index in [2.05, 4.69) is 10.6 Å². The number of halogens is 3. The molecular formula is C10H12F3N3S. The van der Waals surface area contributed by atoms with Crippen LogP contribution in [0.5, 0.6) is 0 Å².